The molecule has 0 saturated carbocycles. The van der Waals surface area contributed by atoms with Gasteiger partial charge in [-0.1, -0.05) is 48.7 Å². The number of pyridine rings is 1. The number of fused-ring (bicyclic) bond motifs is 1. The summed E-state index contributed by atoms with van der Waals surface area (Å²) in [6, 6.07) is 7.07. The van der Waals surface area contributed by atoms with Gasteiger partial charge in [0, 0.05) is 27.7 Å². The zero-order valence-electron chi connectivity index (χ0n) is 15.2. The summed E-state index contributed by atoms with van der Waals surface area (Å²) < 4.78 is 0. The number of carbonyl (C=O) groups is 1. The van der Waals surface area contributed by atoms with Crippen LogP contribution in [0.5, 0.6) is 0 Å². The van der Waals surface area contributed by atoms with Crippen molar-refractivity contribution in [2.75, 3.05) is 5.32 Å². The van der Waals surface area contributed by atoms with Crippen LogP contribution < -0.4 is 10.7 Å². The number of H-pyrrole nitrogens is 1. The number of aromatic nitrogens is 1. The highest BCUT2D eigenvalue weighted by atomic mass is 35.5. The van der Waals surface area contributed by atoms with Crippen LogP contribution in [0.2, 0.25) is 15.1 Å². The van der Waals surface area contributed by atoms with Crippen LogP contribution in [-0.2, 0) is 0 Å². The highest BCUT2D eigenvalue weighted by Gasteiger charge is 2.27. The second kappa shape index (κ2) is 8.02. The number of nitrogens with one attached hydrogen (secondary N) is 2. The molecule has 2 N–H and O–H groups in total. The van der Waals surface area contributed by atoms with E-state index in [0.29, 0.717) is 15.7 Å². The third kappa shape index (κ3) is 4.07. The summed E-state index contributed by atoms with van der Waals surface area (Å²) in [6.45, 7) is 3.25. The molecule has 0 fully saturated rings. The molecule has 0 spiro atoms. The molecule has 1 aromatic heterocycles. The summed E-state index contributed by atoms with van der Waals surface area (Å²) >= 11 is 18.2. The molecule has 1 heterocycles. The van der Waals surface area contributed by atoms with E-state index in [0.717, 1.165) is 6.07 Å². The van der Waals surface area contributed by atoms with Crippen LogP contribution in [0, 0.1) is 16.0 Å². The highest BCUT2D eigenvalue weighted by molar-refractivity contribution is 6.36. The summed E-state index contributed by atoms with van der Waals surface area (Å²) in [5, 5.41) is 14.9. The number of hydrogen-bond acceptors (Lipinski definition) is 5. The fourth-order valence-electron chi connectivity index (χ4n) is 2.88. The van der Waals surface area contributed by atoms with Gasteiger partial charge in [-0.15, -0.1) is 0 Å². The Hall–Kier alpha value is -2.61. The summed E-state index contributed by atoms with van der Waals surface area (Å²) in [4.78, 5) is 39.6. The number of anilines is 2. The Morgan fingerprint density at radius 1 is 1.14 bits per heavy atom. The first kappa shape index (κ1) is 21.1. The molecule has 0 aliphatic rings. The van der Waals surface area contributed by atoms with Crippen molar-refractivity contribution in [3.05, 3.63) is 71.3 Å². The first-order valence-electron chi connectivity index (χ1n) is 8.40. The molecule has 10 heteroatoms. The number of nitrogens with zero attached hydrogens (tertiary/aromatic N) is 1. The predicted octanol–water partition coefficient (Wildman–Crippen LogP) is 5.98. The zero-order chi connectivity index (χ0) is 21.5. The van der Waals surface area contributed by atoms with Crippen LogP contribution in [0.25, 0.3) is 10.9 Å². The van der Waals surface area contributed by atoms with Gasteiger partial charge in [-0.05, 0) is 24.3 Å². The summed E-state index contributed by atoms with van der Waals surface area (Å²) in [5.74, 6) is -0.977. The lowest BCUT2D eigenvalue weighted by Gasteiger charge is -2.15. The third-order valence-corrected chi connectivity index (χ3v) is 4.94. The van der Waals surface area contributed by atoms with Crippen LogP contribution in [0.3, 0.4) is 0 Å². The first-order chi connectivity index (χ1) is 13.6. The monoisotopic (exact) mass is 453 g/mol. The lowest BCUT2D eigenvalue weighted by molar-refractivity contribution is -0.383. The fourth-order valence-corrected chi connectivity index (χ4v) is 3.62. The lowest BCUT2D eigenvalue weighted by atomic mass is 9.98. The minimum atomic E-state index is -0.790. The molecule has 3 aromatic rings. The molecule has 7 nitrogen and oxygen atoms in total. The van der Waals surface area contributed by atoms with Gasteiger partial charge >= 0.3 is 0 Å². The molecule has 0 aliphatic carbocycles. The van der Waals surface area contributed by atoms with E-state index in [4.69, 9.17) is 34.8 Å². The average Bonchev–Trinajstić information content (AvgIpc) is 2.61. The van der Waals surface area contributed by atoms with Crippen molar-refractivity contribution in [1.29, 1.82) is 0 Å². The SMILES string of the molecule is CC(C)C(=O)c1c(Nc2cc(Cl)cc(Cl)c2)[nH]c2c(Cl)ccc([N+](=O)[O-])c2c1=O. The van der Waals surface area contributed by atoms with Gasteiger partial charge in [0.1, 0.15) is 16.8 Å². The van der Waals surface area contributed by atoms with Crippen molar-refractivity contribution in [3.63, 3.8) is 0 Å². The van der Waals surface area contributed by atoms with Crippen LogP contribution in [-0.4, -0.2) is 15.7 Å². The van der Waals surface area contributed by atoms with Crippen molar-refractivity contribution in [2.45, 2.75) is 13.8 Å². The van der Waals surface area contributed by atoms with Crippen molar-refractivity contribution in [3.8, 4) is 0 Å². The van der Waals surface area contributed by atoms with Gasteiger partial charge in [0.2, 0.25) is 5.43 Å². The maximum absolute atomic E-state index is 13.2. The van der Waals surface area contributed by atoms with E-state index >= 15 is 0 Å². The van der Waals surface area contributed by atoms with E-state index in [1.54, 1.807) is 26.0 Å². The van der Waals surface area contributed by atoms with E-state index < -0.39 is 27.7 Å². The van der Waals surface area contributed by atoms with Crippen LogP contribution in [0.15, 0.2) is 35.1 Å². The minimum Gasteiger partial charge on any atom is -0.341 e. The van der Waals surface area contributed by atoms with Gasteiger partial charge < -0.3 is 10.3 Å². The number of aromatic amines is 1. The number of nitro benzene ring substituents is 1. The maximum atomic E-state index is 13.2. The Labute approximate surface area is 179 Å². The average molecular weight is 455 g/mol. The number of halogens is 3. The fraction of sp³-hybridized carbons (Fsp3) is 0.158. The number of Topliss-reactive ketones (excluding diaryl/α,β-unsaturated/α-hetero) is 1. The number of non-ortho nitro benzene ring substituents is 1. The molecule has 2 aromatic carbocycles. The van der Waals surface area contributed by atoms with Crippen molar-refractivity contribution in [2.24, 2.45) is 5.92 Å². The van der Waals surface area contributed by atoms with Crippen LogP contribution >= 0.6 is 34.8 Å². The molecule has 0 radical (unpaired) electrons. The zero-order valence-corrected chi connectivity index (χ0v) is 17.4. The third-order valence-electron chi connectivity index (χ3n) is 4.19. The maximum Gasteiger partial charge on any atom is 0.282 e. The van der Waals surface area contributed by atoms with E-state index in [1.165, 1.54) is 12.1 Å². The summed E-state index contributed by atoms with van der Waals surface area (Å²) in [6.07, 6.45) is 0. The normalized spacial score (nSPS) is 11.1. The van der Waals surface area contributed by atoms with Gasteiger partial charge in [-0.2, -0.15) is 0 Å². The van der Waals surface area contributed by atoms with Gasteiger partial charge in [0.15, 0.2) is 5.78 Å². The largest absolute Gasteiger partial charge is 0.341 e. The molecule has 0 aliphatic heterocycles. The van der Waals surface area contributed by atoms with E-state index in [1.807, 2.05) is 0 Å². The molecule has 0 unspecified atom stereocenters. The highest BCUT2D eigenvalue weighted by Crippen LogP contribution is 2.32. The Morgan fingerprint density at radius 3 is 2.31 bits per heavy atom. The van der Waals surface area contributed by atoms with Crippen molar-refractivity contribution in [1.82, 2.24) is 4.98 Å². The van der Waals surface area contributed by atoms with Gasteiger partial charge in [-0.25, -0.2) is 0 Å². The van der Waals surface area contributed by atoms with Crippen LogP contribution in [0.1, 0.15) is 24.2 Å². The molecule has 0 saturated heterocycles. The Bertz CT molecular complexity index is 1200. The number of nitro groups is 1. The molecular weight excluding hydrogens is 441 g/mol. The van der Waals surface area contributed by atoms with Crippen molar-refractivity contribution < 1.29 is 9.72 Å². The minimum absolute atomic E-state index is 0.0433. The Kier molecular flexibility index (Phi) is 5.84. The molecule has 150 valence electrons. The van der Waals surface area contributed by atoms with E-state index in [-0.39, 0.29) is 27.3 Å². The van der Waals surface area contributed by atoms with Gasteiger partial charge in [-0.3, -0.25) is 19.7 Å². The standard InChI is InChI=1S/C19H14Cl3N3O4/c1-8(2)17(26)15-18(27)14-13(25(28)29)4-3-12(22)16(14)24-19(15)23-11-6-9(20)5-10(21)7-11/h3-8H,1-2H3,(H2,23,24,27). The Morgan fingerprint density at radius 2 is 1.76 bits per heavy atom. The second-order valence-corrected chi connectivity index (χ2v) is 7.86. The molecule has 0 bridgehead atoms. The number of ketones is 1. The topological polar surface area (TPSA) is 105 Å². The smallest absolute Gasteiger partial charge is 0.282 e. The molecule has 29 heavy (non-hydrogen) atoms. The molecule has 3 rings (SSSR count). The quantitative estimate of drug-likeness (QED) is 0.280. The van der Waals surface area contributed by atoms with E-state index in [2.05, 4.69) is 10.3 Å². The molecule has 0 atom stereocenters. The predicted molar refractivity (Wildman–Crippen MR) is 115 cm³/mol. The van der Waals surface area contributed by atoms with Crippen LogP contribution in [0.4, 0.5) is 17.2 Å². The lowest BCUT2D eigenvalue weighted by Crippen LogP contribution is -2.23. The summed E-state index contributed by atoms with van der Waals surface area (Å²) in [5.41, 5.74) is -1.02. The van der Waals surface area contributed by atoms with E-state index in [9.17, 15) is 19.7 Å². The van der Waals surface area contributed by atoms with Gasteiger partial charge in [0.05, 0.1) is 15.5 Å². The molecular formula is C19H14Cl3N3O4. The molecule has 0 amide bonds. The Balaban J connectivity index is 2.37. The van der Waals surface area contributed by atoms with Crippen molar-refractivity contribution >= 4 is 68.7 Å². The summed E-state index contributed by atoms with van der Waals surface area (Å²) in [7, 11) is 0. The number of hydrogen-bond donors (Lipinski definition) is 2. The first-order valence-corrected chi connectivity index (χ1v) is 9.53. The number of benzene rings is 2. The van der Waals surface area contributed by atoms with Gasteiger partial charge in [0.25, 0.3) is 5.69 Å². The number of rotatable bonds is 5. The second-order valence-electron chi connectivity index (χ2n) is 6.58. The number of carbonyl (C=O) groups excluding carboxylic acids is 1.